The Balaban J connectivity index is 1.69. The number of ether oxygens (including phenoxy) is 2. The van der Waals surface area contributed by atoms with Crippen molar-refractivity contribution in [3.63, 3.8) is 0 Å². The van der Waals surface area contributed by atoms with E-state index in [0.717, 1.165) is 11.3 Å². The van der Waals surface area contributed by atoms with Crippen LogP contribution in [0.3, 0.4) is 0 Å². The van der Waals surface area contributed by atoms with Crippen LogP contribution in [0.2, 0.25) is 5.02 Å². The van der Waals surface area contributed by atoms with Crippen molar-refractivity contribution in [1.82, 2.24) is 5.32 Å². The van der Waals surface area contributed by atoms with Gasteiger partial charge in [-0.3, -0.25) is 9.59 Å². The van der Waals surface area contributed by atoms with Gasteiger partial charge in [0.15, 0.2) is 0 Å². The molecule has 6 nitrogen and oxygen atoms in total. The Morgan fingerprint density at radius 3 is 2.42 bits per heavy atom. The number of benzene rings is 2. The Hall–Kier alpha value is -2.73. The molecule has 0 fully saturated rings. The molecular weight excluding hydrogens is 356 g/mol. The lowest BCUT2D eigenvalue weighted by Gasteiger charge is -2.10. The van der Waals surface area contributed by atoms with Crippen molar-refractivity contribution in [2.75, 3.05) is 25.6 Å². The van der Waals surface area contributed by atoms with Crippen molar-refractivity contribution < 1.29 is 19.1 Å². The number of hydrogen-bond acceptors (Lipinski definition) is 4. The van der Waals surface area contributed by atoms with Crippen molar-refractivity contribution in [2.24, 2.45) is 0 Å². The Kier molecular flexibility index (Phi) is 7.29. The molecule has 0 saturated carbocycles. The van der Waals surface area contributed by atoms with Crippen LogP contribution < -0.4 is 20.1 Å². The summed E-state index contributed by atoms with van der Waals surface area (Å²) in [5.41, 5.74) is 1.36. The second kappa shape index (κ2) is 9.68. The largest absolute Gasteiger partial charge is 0.497 e. The van der Waals surface area contributed by atoms with E-state index in [1.807, 2.05) is 0 Å². The third kappa shape index (κ3) is 5.97. The molecule has 0 heterocycles. The third-order valence-corrected chi connectivity index (χ3v) is 4.02. The second-order valence-corrected chi connectivity index (χ2v) is 5.92. The van der Waals surface area contributed by atoms with Crippen LogP contribution >= 0.6 is 11.6 Å². The van der Waals surface area contributed by atoms with Crippen molar-refractivity contribution in [3.05, 3.63) is 53.1 Å². The third-order valence-electron chi connectivity index (χ3n) is 3.62. The summed E-state index contributed by atoms with van der Waals surface area (Å²) in [5.74, 6) is 0.644. The minimum absolute atomic E-state index is 0.269. The number of rotatable bonds is 8. The molecule has 0 bridgehead atoms. The number of amides is 2. The minimum Gasteiger partial charge on any atom is -0.497 e. The first-order valence-corrected chi connectivity index (χ1v) is 8.46. The molecule has 0 aliphatic rings. The molecule has 0 atom stereocenters. The van der Waals surface area contributed by atoms with Gasteiger partial charge in [-0.25, -0.2) is 0 Å². The zero-order valence-corrected chi connectivity index (χ0v) is 15.4. The van der Waals surface area contributed by atoms with Gasteiger partial charge in [-0.2, -0.15) is 0 Å². The number of carbonyl (C=O) groups is 2. The second-order valence-electron chi connectivity index (χ2n) is 5.51. The van der Waals surface area contributed by atoms with Crippen LogP contribution in [0.4, 0.5) is 5.69 Å². The van der Waals surface area contributed by atoms with Crippen LogP contribution in [0.5, 0.6) is 11.5 Å². The normalized spacial score (nSPS) is 10.1. The van der Waals surface area contributed by atoms with E-state index in [1.165, 1.54) is 0 Å². The topological polar surface area (TPSA) is 76.7 Å². The van der Waals surface area contributed by atoms with E-state index in [4.69, 9.17) is 21.1 Å². The van der Waals surface area contributed by atoms with Gasteiger partial charge >= 0.3 is 0 Å². The molecule has 0 saturated heterocycles. The Morgan fingerprint density at radius 1 is 1.04 bits per heavy atom. The molecule has 0 radical (unpaired) electrons. The van der Waals surface area contributed by atoms with Crippen LogP contribution in [0, 0.1) is 6.92 Å². The van der Waals surface area contributed by atoms with Gasteiger partial charge in [0.1, 0.15) is 24.5 Å². The fourth-order valence-electron chi connectivity index (χ4n) is 2.18. The first kappa shape index (κ1) is 19.6. The Morgan fingerprint density at radius 2 is 1.73 bits per heavy atom. The van der Waals surface area contributed by atoms with Crippen LogP contribution in [-0.4, -0.2) is 32.1 Å². The van der Waals surface area contributed by atoms with Gasteiger partial charge in [-0.1, -0.05) is 17.7 Å². The smallest absolute Gasteiger partial charge is 0.233 e. The molecule has 0 spiro atoms. The molecule has 2 rings (SSSR count). The van der Waals surface area contributed by atoms with Crippen LogP contribution in [0.25, 0.3) is 0 Å². The van der Waals surface area contributed by atoms with Crippen molar-refractivity contribution in [1.29, 1.82) is 0 Å². The molecule has 0 aliphatic heterocycles. The monoisotopic (exact) mass is 376 g/mol. The lowest BCUT2D eigenvalue weighted by Crippen LogP contribution is -2.31. The summed E-state index contributed by atoms with van der Waals surface area (Å²) in [5, 5.41) is 5.88. The molecule has 2 amide bonds. The molecule has 7 heteroatoms. The summed E-state index contributed by atoms with van der Waals surface area (Å²) in [6, 6.07) is 12.3. The van der Waals surface area contributed by atoms with Gasteiger partial charge in [0.25, 0.3) is 0 Å². The van der Waals surface area contributed by atoms with Gasteiger partial charge < -0.3 is 20.1 Å². The number of halogens is 1. The van der Waals surface area contributed by atoms with E-state index in [9.17, 15) is 9.59 Å². The Labute approximate surface area is 157 Å². The standard InChI is InChI=1S/C19H21ClN2O4/c1-13-16(20)4-3-5-17(13)22-19(24)12-18(23)21-10-11-26-15-8-6-14(25-2)7-9-15/h3-9H,10-12H2,1-2H3,(H,21,23)(H,22,24). The summed E-state index contributed by atoms with van der Waals surface area (Å²) >= 11 is 6.00. The zero-order chi connectivity index (χ0) is 18.9. The van der Waals surface area contributed by atoms with Gasteiger partial charge in [0.05, 0.1) is 13.7 Å². The number of carbonyl (C=O) groups excluding carboxylic acids is 2. The lowest BCUT2D eigenvalue weighted by molar-refractivity contribution is -0.126. The highest BCUT2D eigenvalue weighted by Crippen LogP contribution is 2.23. The summed E-state index contributed by atoms with van der Waals surface area (Å²) in [4.78, 5) is 23.8. The maximum atomic E-state index is 11.9. The fraction of sp³-hybridized carbons (Fsp3) is 0.263. The highest BCUT2D eigenvalue weighted by Gasteiger charge is 2.11. The van der Waals surface area contributed by atoms with Crippen LogP contribution in [0.15, 0.2) is 42.5 Å². The first-order chi connectivity index (χ1) is 12.5. The maximum absolute atomic E-state index is 11.9. The number of methoxy groups -OCH3 is 1. The summed E-state index contributed by atoms with van der Waals surface area (Å²) in [6.45, 7) is 2.40. The van der Waals surface area contributed by atoms with Gasteiger partial charge in [0.2, 0.25) is 11.8 Å². The first-order valence-electron chi connectivity index (χ1n) is 8.08. The Bertz CT molecular complexity index is 763. The summed E-state index contributed by atoms with van der Waals surface area (Å²) < 4.78 is 10.6. The van der Waals surface area contributed by atoms with Gasteiger partial charge in [-0.05, 0) is 48.9 Å². The lowest BCUT2D eigenvalue weighted by atomic mass is 10.2. The predicted octanol–water partition coefficient (Wildman–Crippen LogP) is 3.18. The SMILES string of the molecule is COc1ccc(OCCNC(=O)CC(=O)Nc2cccc(Cl)c2C)cc1. The van der Waals surface area contributed by atoms with Crippen molar-refractivity contribution >= 4 is 29.1 Å². The number of anilines is 1. The van der Waals surface area contributed by atoms with E-state index in [-0.39, 0.29) is 12.3 Å². The van der Waals surface area contributed by atoms with Gasteiger partial charge in [0, 0.05) is 10.7 Å². The van der Waals surface area contributed by atoms with E-state index in [0.29, 0.717) is 29.6 Å². The van der Waals surface area contributed by atoms with Crippen LogP contribution in [-0.2, 0) is 9.59 Å². The molecule has 26 heavy (non-hydrogen) atoms. The van der Waals surface area contributed by atoms with E-state index in [2.05, 4.69) is 10.6 Å². The minimum atomic E-state index is -0.399. The zero-order valence-electron chi connectivity index (χ0n) is 14.7. The molecule has 0 aliphatic carbocycles. The summed E-state index contributed by atoms with van der Waals surface area (Å²) in [7, 11) is 1.59. The number of nitrogens with one attached hydrogen (secondary N) is 2. The van der Waals surface area contributed by atoms with E-state index >= 15 is 0 Å². The average molecular weight is 377 g/mol. The van der Waals surface area contributed by atoms with Crippen molar-refractivity contribution in [2.45, 2.75) is 13.3 Å². The maximum Gasteiger partial charge on any atom is 0.233 e. The molecule has 2 aromatic carbocycles. The van der Waals surface area contributed by atoms with Crippen LogP contribution in [0.1, 0.15) is 12.0 Å². The van der Waals surface area contributed by atoms with E-state index < -0.39 is 5.91 Å². The predicted molar refractivity (Wildman–Crippen MR) is 101 cm³/mol. The van der Waals surface area contributed by atoms with Crippen molar-refractivity contribution in [3.8, 4) is 11.5 Å². The highest BCUT2D eigenvalue weighted by molar-refractivity contribution is 6.31. The molecule has 2 aromatic rings. The number of hydrogen-bond donors (Lipinski definition) is 2. The molecule has 0 aromatic heterocycles. The average Bonchev–Trinajstić information content (AvgIpc) is 2.63. The van der Waals surface area contributed by atoms with Gasteiger partial charge in [-0.15, -0.1) is 0 Å². The summed E-state index contributed by atoms with van der Waals surface area (Å²) in [6.07, 6.45) is -0.269. The molecular formula is C19H21ClN2O4. The molecule has 138 valence electrons. The highest BCUT2D eigenvalue weighted by atomic mass is 35.5. The molecule has 0 unspecified atom stereocenters. The van der Waals surface area contributed by atoms with E-state index in [1.54, 1.807) is 56.5 Å². The fourth-order valence-corrected chi connectivity index (χ4v) is 2.35. The quantitative estimate of drug-likeness (QED) is 0.548. The molecule has 2 N–H and O–H groups in total.